The number of hydroxylamine groups is 2. The van der Waals surface area contributed by atoms with Gasteiger partial charge in [0.15, 0.2) is 0 Å². The molecule has 0 spiro atoms. The van der Waals surface area contributed by atoms with E-state index in [1.807, 2.05) is 0 Å². The molecule has 1 saturated heterocycles. The van der Waals surface area contributed by atoms with Crippen molar-refractivity contribution in [3.05, 3.63) is 5.21 Å². The zero-order valence-corrected chi connectivity index (χ0v) is 11.0. The lowest BCUT2D eigenvalue weighted by Crippen LogP contribution is -3.18. The Hall–Kier alpha value is -0.160. The summed E-state index contributed by atoms with van der Waals surface area (Å²) in [5, 5.41) is 20.0. The molecular weight excluding hydrogens is 216 g/mol. The summed E-state index contributed by atoms with van der Waals surface area (Å²) in [6, 6.07) is 0.672. The molecule has 0 aromatic carbocycles. The standard InChI is InChI=1S/C13H26N2O2/c1-11-6-4-5-9-14(11)10-12-7-2-3-8-13(12)15(16)17/h11-13,15-16H,2-10H2,1H3/p+1. The SMILES string of the molecule is CC1CCCC[NH+]1CC1CCCCC1[NH+]([O-])O. The van der Waals surface area contributed by atoms with Gasteiger partial charge in [-0.1, -0.05) is 6.42 Å². The Morgan fingerprint density at radius 2 is 1.88 bits per heavy atom. The number of hydrogen-bond acceptors (Lipinski definition) is 2. The Labute approximate surface area is 104 Å². The van der Waals surface area contributed by atoms with Crippen molar-refractivity contribution >= 4 is 0 Å². The summed E-state index contributed by atoms with van der Waals surface area (Å²) >= 11 is 0. The molecule has 0 amide bonds. The fourth-order valence-corrected chi connectivity index (χ4v) is 3.67. The summed E-state index contributed by atoms with van der Waals surface area (Å²) in [6.07, 6.45) is 8.38. The average molecular weight is 243 g/mol. The molecule has 0 aromatic rings. The molecule has 2 aliphatic rings. The summed E-state index contributed by atoms with van der Waals surface area (Å²) in [6.45, 7) is 4.68. The van der Waals surface area contributed by atoms with Crippen molar-refractivity contribution in [3.63, 3.8) is 0 Å². The van der Waals surface area contributed by atoms with Crippen LogP contribution < -0.4 is 10.1 Å². The van der Waals surface area contributed by atoms with Crippen LogP contribution in [0.2, 0.25) is 0 Å². The first-order valence-corrected chi connectivity index (χ1v) is 7.26. The Morgan fingerprint density at radius 3 is 2.59 bits per heavy atom. The third-order valence-corrected chi connectivity index (χ3v) is 4.83. The molecule has 2 rings (SSSR count). The smallest absolute Gasteiger partial charge is 0.125 e. The maximum atomic E-state index is 11.3. The molecule has 2 fully saturated rings. The van der Waals surface area contributed by atoms with Gasteiger partial charge in [0.25, 0.3) is 0 Å². The molecule has 4 nitrogen and oxygen atoms in total. The fraction of sp³-hybridized carbons (Fsp3) is 1.00. The van der Waals surface area contributed by atoms with Gasteiger partial charge in [-0.15, -0.1) is 0 Å². The highest BCUT2D eigenvalue weighted by Crippen LogP contribution is 2.21. The van der Waals surface area contributed by atoms with Crippen LogP contribution in [0.5, 0.6) is 0 Å². The van der Waals surface area contributed by atoms with E-state index in [1.54, 1.807) is 4.90 Å². The maximum absolute atomic E-state index is 11.3. The molecule has 1 aliphatic carbocycles. The van der Waals surface area contributed by atoms with Crippen LogP contribution in [-0.2, 0) is 0 Å². The minimum atomic E-state index is -0.557. The molecule has 0 bridgehead atoms. The molecule has 1 heterocycles. The summed E-state index contributed by atoms with van der Waals surface area (Å²) in [7, 11) is 0. The minimum Gasteiger partial charge on any atom is -0.600 e. The zero-order valence-electron chi connectivity index (χ0n) is 11.0. The van der Waals surface area contributed by atoms with Crippen molar-refractivity contribution in [2.45, 2.75) is 64.0 Å². The molecule has 4 heteroatoms. The van der Waals surface area contributed by atoms with Crippen LogP contribution in [0.15, 0.2) is 0 Å². The topological polar surface area (TPSA) is 52.2 Å². The average Bonchev–Trinajstić information content (AvgIpc) is 2.32. The second-order valence-corrected chi connectivity index (χ2v) is 6.00. The Balaban J connectivity index is 1.90. The predicted molar refractivity (Wildman–Crippen MR) is 65.9 cm³/mol. The van der Waals surface area contributed by atoms with Crippen molar-refractivity contribution in [3.8, 4) is 0 Å². The van der Waals surface area contributed by atoms with Crippen molar-refractivity contribution in [2.75, 3.05) is 13.1 Å². The molecule has 100 valence electrons. The number of quaternary nitrogens is 2. The lowest BCUT2D eigenvalue weighted by atomic mass is 9.83. The van der Waals surface area contributed by atoms with E-state index >= 15 is 0 Å². The lowest BCUT2D eigenvalue weighted by molar-refractivity contribution is -1.07. The summed E-state index contributed by atoms with van der Waals surface area (Å²) in [5.74, 6) is 0.428. The third kappa shape index (κ3) is 3.41. The Kier molecular flexibility index (Phi) is 4.79. The van der Waals surface area contributed by atoms with E-state index in [4.69, 9.17) is 0 Å². The van der Waals surface area contributed by atoms with E-state index in [0.29, 0.717) is 5.92 Å². The van der Waals surface area contributed by atoms with Crippen molar-refractivity contribution in [1.29, 1.82) is 0 Å². The van der Waals surface area contributed by atoms with Crippen molar-refractivity contribution in [1.82, 2.24) is 0 Å². The number of rotatable bonds is 3. The molecule has 17 heavy (non-hydrogen) atoms. The van der Waals surface area contributed by atoms with Gasteiger partial charge in [-0.2, -0.15) is 0 Å². The van der Waals surface area contributed by atoms with Crippen LogP contribution in [0.4, 0.5) is 0 Å². The van der Waals surface area contributed by atoms with Gasteiger partial charge in [0.1, 0.15) is 6.04 Å². The van der Waals surface area contributed by atoms with E-state index in [9.17, 15) is 10.4 Å². The first-order chi connectivity index (χ1) is 8.18. The van der Waals surface area contributed by atoms with Crippen LogP contribution in [0.1, 0.15) is 51.9 Å². The summed E-state index contributed by atoms with van der Waals surface area (Å²) in [5.41, 5.74) is 0. The second kappa shape index (κ2) is 6.14. The Morgan fingerprint density at radius 1 is 1.18 bits per heavy atom. The predicted octanol–water partition coefficient (Wildman–Crippen LogP) is -0.226. The third-order valence-electron chi connectivity index (χ3n) is 4.83. The number of piperidine rings is 1. The van der Waals surface area contributed by atoms with Crippen LogP contribution >= 0.6 is 0 Å². The summed E-state index contributed by atoms with van der Waals surface area (Å²) in [4.78, 5) is 1.66. The van der Waals surface area contributed by atoms with E-state index in [2.05, 4.69) is 6.92 Å². The molecule has 0 aromatic heterocycles. The van der Waals surface area contributed by atoms with E-state index < -0.39 is 5.23 Å². The van der Waals surface area contributed by atoms with Gasteiger partial charge in [-0.3, -0.25) is 0 Å². The van der Waals surface area contributed by atoms with Crippen molar-refractivity contribution in [2.24, 2.45) is 5.92 Å². The van der Waals surface area contributed by atoms with Crippen LogP contribution in [0.25, 0.3) is 0 Å². The van der Waals surface area contributed by atoms with E-state index in [1.165, 1.54) is 32.2 Å². The van der Waals surface area contributed by atoms with E-state index in [-0.39, 0.29) is 6.04 Å². The summed E-state index contributed by atoms with van der Waals surface area (Å²) < 4.78 is 0. The maximum Gasteiger partial charge on any atom is 0.125 e. The minimum absolute atomic E-state index is 0.0645. The highest BCUT2D eigenvalue weighted by atomic mass is 16.8. The van der Waals surface area contributed by atoms with Gasteiger partial charge in [0.2, 0.25) is 0 Å². The van der Waals surface area contributed by atoms with Gasteiger partial charge < -0.3 is 10.1 Å². The lowest BCUT2D eigenvalue weighted by Gasteiger charge is -2.38. The normalized spacial score (nSPS) is 41.1. The highest BCUT2D eigenvalue weighted by molar-refractivity contribution is 4.74. The first-order valence-electron chi connectivity index (χ1n) is 7.26. The number of hydrogen-bond donors (Lipinski definition) is 3. The molecule has 0 radical (unpaired) electrons. The molecule has 5 atom stereocenters. The van der Waals surface area contributed by atoms with Gasteiger partial charge in [0.05, 0.1) is 25.0 Å². The number of nitrogens with one attached hydrogen (secondary N) is 2. The highest BCUT2D eigenvalue weighted by Gasteiger charge is 2.35. The molecule has 1 aliphatic heterocycles. The van der Waals surface area contributed by atoms with Crippen molar-refractivity contribution < 1.29 is 15.3 Å². The fourth-order valence-electron chi connectivity index (χ4n) is 3.67. The van der Waals surface area contributed by atoms with Gasteiger partial charge >= 0.3 is 0 Å². The van der Waals surface area contributed by atoms with Crippen LogP contribution in [-0.4, -0.2) is 30.4 Å². The van der Waals surface area contributed by atoms with Gasteiger partial charge in [-0.05, 0) is 39.0 Å². The van der Waals surface area contributed by atoms with Gasteiger partial charge in [-0.25, -0.2) is 10.4 Å². The Bertz CT molecular complexity index is 235. The molecular formula is C13H27N2O2+. The molecule has 5 unspecified atom stereocenters. The zero-order chi connectivity index (χ0) is 12.3. The van der Waals surface area contributed by atoms with Crippen LogP contribution in [0, 0.1) is 11.1 Å². The molecule has 1 saturated carbocycles. The quantitative estimate of drug-likeness (QED) is 0.600. The van der Waals surface area contributed by atoms with E-state index in [0.717, 1.165) is 31.8 Å². The first kappa shape index (κ1) is 13.3. The van der Waals surface area contributed by atoms with Gasteiger partial charge in [0, 0.05) is 6.42 Å². The largest absolute Gasteiger partial charge is 0.600 e. The van der Waals surface area contributed by atoms with Crippen LogP contribution in [0.3, 0.4) is 0 Å². The molecule has 3 N–H and O–H groups in total. The number of likely N-dealkylation sites (tertiary alicyclic amines) is 1. The second-order valence-electron chi connectivity index (χ2n) is 6.00. The monoisotopic (exact) mass is 243 g/mol.